The molecule has 1 aromatic heterocycles. The normalized spacial score (nSPS) is 12.0. The number of hydrogen-bond acceptors (Lipinski definition) is 0. The quantitative estimate of drug-likeness (QED) is 0.376. The van der Waals surface area contributed by atoms with Crippen molar-refractivity contribution < 1.29 is 4.98 Å². The minimum absolute atomic E-state index is 0.149. The molecule has 0 atom stereocenters. The van der Waals surface area contributed by atoms with Gasteiger partial charge in [-0.15, -0.1) is 0 Å². The number of H-pyrrole nitrogens is 1. The lowest BCUT2D eigenvalue weighted by Gasteiger charge is -2.19. The van der Waals surface area contributed by atoms with Crippen LogP contribution in [0.15, 0.2) is 66.9 Å². The maximum absolute atomic E-state index is 3.46. The first-order valence-corrected chi connectivity index (χ1v) is 8.88. The van der Waals surface area contributed by atoms with Gasteiger partial charge in [-0.25, -0.2) is 4.98 Å². The van der Waals surface area contributed by atoms with Crippen molar-refractivity contribution in [2.75, 3.05) is 0 Å². The van der Waals surface area contributed by atoms with Gasteiger partial charge < -0.3 is 0 Å². The van der Waals surface area contributed by atoms with Crippen molar-refractivity contribution >= 4 is 21.5 Å². The van der Waals surface area contributed by atoms with Crippen molar-refractivity contribution in [3.8, 4) is 11.3 Å². The topological polar surface area (TPSA) is 14.1 Å². The zero-order chi connectivity index (χ0) is 17.6. The van der Waals surface area contributed by atoms with E-state index in [1.165, 1.54) is 43.9 Å². The molecule has 1 N–H and O–H groups in total. The van der Waals surface area contributed by atoms with Gasteiger partial charge in [0.05, 0.1) is 5.39 Å². The van der Waals surface area contributed by atoms with Gasteiger partial charge in [0, 0.05) is 17.0 Å². The Bertz CT molecular complexity index is 1080. The molecule has 25 heavy (non-hydrogen) atoms. The summed E-state index contributed by atoms with van der Waals surface area (Å²) in [5.74, 6) is 0. The van der Waals surface area contributed by atoms with Crippen LogP contribution in [0, 0.1) is 6.92 Å². The van der Waals surface area contributed by atoms with Crippen LogP contribution in [0.5, 0.6) is 0 Å². The second-order valence-corrected chi connectivity index (χ2v) is 7.93. The predicted octanol–water partition coefficient (Wildman–Crippen LogP) is 6.08. The zero-order valence-electron chi connectivity index (χ0n) is 15.4. The van der Waals surface area contributed by atoms with Crippen LogP contribution in [-0.4, -0.2) is 0 Å². The smallest absolute Gasteiger partial charge is 0.211 e. The number of pyridine rings is 1. The second-order valence-electron chi connectivity index (χ2n) is 7.93. The summed E-state index contributed by atoms with van der Waals surface area (Å²) in [6, 6.07) is 22.2. The molecule has 0 amide bonds. The lowest BCUT2D eigenvalue weighted by Crippen LogP contribution is -2.10. The fraction of sp³-hybridized carbons (Fsp3) is 0.208. The Kier molecular flexibility index (Phi) is 3.61. The van der Waals surface area contributed by atoms with Crippen LogP contribution in [0.1, 0.15) is 31.9 Å². The van der Waals surface area contributed by atoms with Crippen LogP contribution in [0.3, 0.4) is 0 Å². The molecule has 0 radical (unpaired) electrons. The molecule has 0 saturated heterocycles. The minimum Gasteiger partial charge on any atom is -0.211 e. The Labute approximate surface area is 149 Å². The molecule has 0 unspecified atom stereocenters. The summed E-state index contributed by atoms with van der Waals surface area (Å²) in [4.78, 5) is 3.46. The third-order valence-electron chi connectivity index (χ3n) is 4.98. The van der Waals surface area contributed by atoms with Gasteiger partial charge in [0.15, 0.2) is 6.20 Å². The fourth-order valence-corrected chi connectivity index (χ4v) is 3.53. The molecule has 1 heteroatoms. The minimum atomic E-state index is 0.149. The molecule has 0 saturated carbocycles. The van der Waals surface area contributed by atoms with E-state index in [0.29, 0.717) is 0 Å². The summed E-state index contributed by atoms with van der Waals surface area (Å²) >= 11 is 0. The van der Waals surface area contributed by atoms with E-state index in [-0.39, 0.29) is 5.41 Å². The molecular formula is C24H24N+. The predicted molar refractivity (Wildman–Crippen MR) is 107 cm³/mol. The highest BCUT2D eigenvalue weighted by molar-refractivity contribution is 6.10. The van der Waals surface area contributed by atoms with E-state index in [9.17, 15) is 0 Å². The number of nitrogens with one attached hydrogen (secondary N) is 1. The van der Waals surface area contributed by atoms with E-state index in [1.54, 1.807) is 0 Å². The van der Waals surface area contributed by atoms with Crippen molar-refractivity contribution in [1.29, 1.82) is 0 Å². The lowest BCUT2D eigenvalue weighted by atomic mass is 9.85. The molecule has 0 aliphatic heterocycles. The second kappa shape index (κ2) is 5.70. The van der Waals surface area contributed by atoms with Crippen LogP contribution in [0.2, 0.25) is 0 Å². The van der Waals surface area contributed by atoms with Gasteiger partial charge in [-0.1, -0.05) is 56.7 Å². The largest absolute Gasteiger partial charge is 0.218 e. The van der Waals surface area contributed by atoms with Crippen LogP contribution >= 0.6 is 0 Å². The Balaban J connectivity index is 2.04. The summed E-state index contributed by atoms with van der Waals surface area (Å²) < 4.78 is 0. The summed E-state index contributed by atoms with van der Waals surface area (Å²) in [6.07, 6.45) is 2.06. The van der Waals surface area contributed by atoms with Crippen LogP contribution in [0.4, 0.5) is 0 Å². The Hall–Kier alpha value is -2.67. The average Bonchev–Trinajstić information content (AvgIpc) is 2.59. The molecule has 1 heterocycles. The van der Waals surface area contributed by atoms with E-state index in [4.69, 9.17) is 0 Å². The maximum Gasteiger partial charge on any atom is 0.218 e. The molecule has 0 aliphatic rings. The van der Waals surface area contributed by atoms with E-state index in [2.05, 4.69) is 99.5 Å². The van der Waals surface area contributed by atoms with E-state index in [0.717, 1.165) is 0 Å². The van der Waals surface area contributed by atoms with E-state index >= 15 is 0 Å². The summed E-state index contributed by atoms with van der Waals surface area (Å²) in [5, 5.41) is 5.19. The van der Waals surface area contributed by atoms with E-state index < -0.39 is 0 Å². The average molecular weight is 326 g/mol. The molecule has 0 spiro atoms. The third kappa shape index (κ3) is 2.80. The number of fused-ring (bicyclic) bond motifs is 3. The van der Waals surface area contributed by atoms with Crippen LogP contribution < -0.4 is 4.98 Å². The van der Waals surface area contributed by atoms with Gasteiger partial charge in [0.25, 0.3) is 0 Å². The highest BCUT2D eigenvalue weighted by atomic mass is 14.7. The highest BCUT2D eigenvalue weighted by Gasteiger charge is 2.16. The van der Waals surface area contributed by atoms with Gasteiger partial charge >= 0.3 is 0 Å². The molecule has 0 bridgehead atoms. The number of aromatic amines is 1. The lowest BCUT2D eigenvalue weighted by molar-refractivity contribution is -0.362. The molecule has 4 aromatic rings. The Morgan fingerprint density at radius 3 is 2.32 bits per heavy atom. The van der Waals surface area contributed by atoms with Crippen LogP contribution in [-0.2, 0) is 5.41 Å². The van der Waals surface area contributed by atoms with Crippen LogP contribution in [0.25, 0.3) is 32.8 Å². The van der Waals surface area contributed by atoms with Crippen molar-refractivity contribution in [3.63, 3.8) is 0 Å². The van der Waals surface area contributed by atoms with Gasteiger partial charge in [-0.2, -0.15) is 0 Å². The number of aryl methyl sites for hydroxylation is 1. The summed E-state index contributed by atoms with van der Waals surface area (Å²) in [5.41, 5.74) is 5.22. The third-order valence-corrected chi connectivity index (χ3v) is 4.98. The Morgan fingerprint density at radius 1 is 0.760 bits per heavy atom. The molecule has 3 aromatic carbocycles. The molecule has 0 aliphatic carbocycles. The van der Waals surface area contributed by atoms with E-state index in [1.807, 2.05) is 0 Å². The molecular weight excluding hydrogens is 302 g/mol. The zero-order valence-corrected chi connectivity index (χ0v) is 15.4. The van der Waals surface area contributed by atoms with Crippen molar-refractivity contribution in [2.24, 2.45) is 0 Å². The maximum atomic E-state index is 3.46. The SMILES string of the molecule is Cc1cccc(-c2[nH+]ccc3c2ccc2ccc(C(C)(C)C)cc23)c1. The summed E-state index contributed by atoms with van der Waals surface area (Å²) in [6.45, 7) is 8.95. The molecule has 1 nitrogen and oxygen atoms in total. The number of hydrogen-bond donors (Lipinski definition) is 0. The van der Waals surface area contributed by atoms with Gasteiger partial charge in [-0.3, -0.25) is 0 Å². The fourth-order valence-electron chi connectivity index (χ4n) is 3.53. The molecule has 124 valence electrons. The van der Waals surface area contributed by atoms with Gasteiger partial charge in [0.1, 0.15) is 0 Å². The van der Waals surface area contributed by atoms with Crippen molar-refractivity contribution in [3.05, 3.63) is 78.0 Å². The number of aromatic nitrogens is 1. The Morgan fingerprint density at radius 2 is 1.56 bits per heavy atom. The van der Waals surface area contributed by atoms with Gasteiger partial charge in [0.2, 0.25) is 5.69 Å². The van der Waals surface area contributed by atoms with Crippen molar-refractivity contribution in [2.45, 2.75) is 33.1 Å². The standard InChI is InChI=1S/C24H23N/c1-16-6-5-7-18(14-16)23-21-11-9-17-8-10-19(24(2,3)4)15-22(17)20(21)12-13-25-23/h5-15H,1-4H3/p+1. The van der Waals surface area contributed by atoms with Gasteiger partial charge in [-0.05, 0) is 52.9 Å². The molecule has 0 fully saturated rings. The number of rotatable bonds is 1. The first-order valence-electron chi connectivity index (χ1n) is 8.88. The summed E-state index contributed by atoms with van der Waals surface area (Å²) in [7, 11) is 0. The monoisotopic (exact) mass is 326 g/mol. The highest BCUT2D eigenvalue weighted by Crippen LogP contribution is 2.33. The molecule has 4 rings (SSSR count). The number of benzene rings is 3. The first-order chi connectivity index (χ1) is 11.9. The first kappa shape index (κ1) is 15.8. The van der Waals surface area contributed by atoms with Crippen molar-refractivity contribution in [1.82, 2.24) is 0 Å².